The van der Waals surface area contributed by atoms with Gasteiger partial charge in [0.2, 0.25) is 5.95 Å². The molecule has 0 aliphatic heterocycles. The number of nitrogen functional groups attached to an aromatic ring is 1. The molecule has 0 atom stereocenters. The maximum Gasteiger partial charge on any atom is 0.223 e. The van der Waals surface area contributed by atoms with E-state index < -0.39 is 0 Å². The lowest BCUT2D eigenvalue weighted by atomic mass is 10.2. The number of nitrogens with zero attached hydrogens (tertiary/aromatic N) is 2. The van der Waals surface area contributed by atoms with Gasteiger partial charge in [0, 0.05) is 22.8 Å². The molecule has 0 radical (unpaired) electrons. The summed E-state index contributed by atoms with van der Waals surface area (Å²) in [7, 11) is 0. The molecule has 0 saturated heterocycles. The number of aryl methyl sites for hydroxylation is 1. The first-order valence-electron chi connectivity index (χ1n) is 6.00. The quantitative estimate of drug-likeness (QED) is 0.805. The van der Waals surface area contributed by atoms with Crippen molar-refractivity contribution in [2.24, 2.45) is 0 Å². The summed E-state index contributed by atoms with van der Waals surface area (Å²) < 4.78 is 1.05. The molecule has 0 fully saturated rings. The Hall–Kier alpha value is -1.82. The fraction of sp³-hybridized carbons (Fsp3) is 0.231. The van der Waals surface area contributed by atoms with E-state index in [9.17, 15) is 0 Å². The van der Waals surface area contributed by atoms with Crippen molar-refractivity contribution >= 4 is 39.2 Å². The summed E-state index contributed by atoms with van der Waals surface area (Å²) in [6.07, 6.45) is 0. The van der Waals surface area contributed by atoms with Gasteiger partial charge >= 0.3 is 0 Å². The van der Waals surface area contributed by atoms with Gasteiger partial charge in [0.15, 0.2) is 0 Å². The Kier molecular flexibility index (Phi) is 4.21. The minimum absolute atomic E-state index is 0.243. The molecule has 1 aromatic carbocycles. The zero-order chi connectivity index (χ0) is 13.8. The van der Waals surface area contributed by atoms with Crippen molar-refractivity contribution < 1.29 is 0 Å². The molecule has 2 rings (SSSR count). The van der Waals surface area contributed by atoms with Crippen molar-refractivity contribution in [3.8, 4) is 0 Å². The maximum atomic E-state index is 5.69. The van der Waals surface area contributed by atoms with Crippen molar-refractivity contribution in [1.29, 1.82) is 0 Å². The molecule has 5 nitrogen and oxygen atoms in total. The number of hydrogen-bond acceptors (Lipinski definition) is 5. The molecule has 1 heterocycles. The van der Waals surface area contributed by atoms with Crippen molar-refractivity contribution in [3.05, 3.63) is 34.3 Å². The number of benzene rings is 1. The molecule has 0 amide bonds. The van der Waals surface area contributed by atoms with Crippen LogP contribution < -0.4 is 16.4 Å². The average Bonchev–Trinajstić information content (AvgIpc) is 2.33. The third-order valence-electron chi connectivity index (χ3n) is 2.55. The van der Waals surface area contributed by atoms with Crippen molar-refractivity contribution in [1.82, 2.24) is 9.97 Å². The third kappa shape index (κ3) is 3.57. The second-order valence-electron chi connectivity index (χ2n) is 4.12. The first-order valence-corrected chi connectivity index (χ1v) is 6.79. The molecule has 100 valence electrons. The van der Waals surface area contributed by atoms with E-state index in [0.717, 1.165) is 16.7 Å². The summed E-state index contributed by atoms with van der Waals surface area (Å²) in [5.74, 6) is 1.62. The van der Waals surface area contributed by atoms with Crippen molar-refractivity contribution in [2.45, 2.75) is 13.8 Å². The largest absolute Gasteiger partial charge is 0.370 e. The van der Waals surface area contributed by atoms with E-state index in [4.69, 9.17) is 5.73 Å². The highest BCUT2D eigenvalue weighted by Gasteiger charge is 2.03. The molecule has 2 aromatic rings. The van der Waals surface area contributed by atoms with E-state index in [0.29, 0.717) is 11.6 Å². The van der Waals surface area contributed by atoms with Crippen LogP contribution in [-0.4, -0.2) is 16.5 Å². The van der Waals surface area contributed by atoms with E-state index >= 15 is 0 Å². The van der Waals surface area contributed by atoms with Gasteiger partial charge in [-0.3, -0.25) is 0 Å². The van der Waals surface area contributed by atoms with Crippen LogP contribution in [0.15, 0.2) is 28.7 Å². The lowest BCUT2D eigenvalue weighted by Crippen LogP contribution is -2.05. The molecule has 0 bridgehead atoms. The van der Waals surface area contributed by atoms with Gasteiger partial charge in [-0.25, -0.2) is 0 Å². The summed E-state index contributed by atoms with van der Waals surface area (Å²) in [4.78, 5) is 8.27. The maximum absolute atomic E-state index is 5.69. The lowest BCUT2D eigenvalue weighted by Gasteiger charge is -2.10. The van der Waals surface area contributed by atoms with E-state index in [1.807, 2.05) is 38.1 Å². The predicted molar refractivity (Wildman–Crippen MR) is 82.8 cm³/mol. The monoisotopic (exact) mass is 321 g/mol. The van der Waals surface area contributed by atoms with E-state index in [2.05, 4.69) is 36.5 Å². The molecule has 1 aromatic heterocycles. The SMILES string of the molecule is CCNc1cc(Nc2ccc(C)c(Br)c2)nc(N)n1. The molecule has 0 spiro atoms. The number of anilines is 4. The second kappa shape index (κ2) is 5.88. The summed E-state index contributed by atoms with van der Waals surface area (Å²) in [6.45, 7) is 4.83. The predicted octanol–water partition coefficient (Wildman–Crippen LogP) is 3.31. The van der Waals surface area contributed by atoms with Gasteiger partial charge in [-0.1, -0.05) is 22.0 Å². The fourth-order valence-corrected chi connectivity index (χ4v) is 2.00. The van der Waals surface area contributed by atoms with Gasteiger partial charge < -0.3 is 16.4 Å². The first-order chi connectivity index (χ1) is 9.08. The fourth-order valence-electron chi connectivity index (χ4n) is 1.62. The van der Waals surface area contributed by atoms with Crippen molar-refractivity contribution in [3.63, 3.8) is 0 Å². The second-order valence-corrected chi connectivity index (χ2v) is 4.97. The van der Waals surface area contributed by atoms with Crippen LogP contribution in [0, 0.1) is 6.92 Å². The number of rotatable bonds is 4. The van der Waals surface area contributed by atoms with Gasteiger partial charge in [-0.05, 0) is 31.5 Å². The van der Waals surface area contributed by atoms with Gasteiger partial charge in [-0.15, -0.1) is 0 Å². The first kappa shape index (κ1) is 13.6. The number of halogens is 1. The molecule has 0 aliphatic carbocycles. The lowest BCUT2D eigenvalue weighted by molar-refractivity contribution is 1.12. The highest BCUT2D eigenvalue weighted by molar-refractivity contribution is 9.10. The number of nitrogens with two attached hydrogens (primary N) is 1. The molecular formula is C13H16BrN5. The highest BCUT2D eigenvalue weighted by atomic mass is 79.9. The highest BCUT2D eigenvalue weighted by Crippen LogP contribution is 2.23. The summed E-state index contributed by atoms with van der Waals surface area (Å²) in [5, 5.41) is 6.33. The Morgan fingerprint density at radius 2 is 1.95 bits per heavy atom. The van der Waals surface area contributed by atoms with Gasteiger partial charge in [-0.2, -0.15) is 9.97 Å². The van der Waals surface area contributed by atoms with Gasteiger partial charge in [0.1, 0.15) is 11.6 Å². The van der Waals surface area contributed by atoms with Crippen LogP contribution in [0.1, 0.15) is 12.5 Å². The molecule has 4 N–H and O–H groups in total. The average molecular weight is 322 g/mol. The molecule has 0 saturated carbocycles. The van der Waals surface area contributed by atoms with Crippen LogP contribution >= 0.6 is 15.9 Å². The molecule has 6 heteroatoms. The van der Waals surface area contributed by atoms with Crippen LogP contribution in [0.25, 0.3) is 0 Å². The van der Waals surface area contributed by atoms with Gasteiger partial charge in [0.05, 0.1) is 0 Å². The summed E-state index contributed by atoms with van der Waals surface area (Å²) in [5.41, 5.74) is 7.81. The summed E-state index contributed by atoms with van der Waals surface area (Å²) in [6, 6.07) is 7.85. The topological polar surface area (TPSA) is 75.9 Å². The third-order valence-corrected chi connectivity index (χ3v) is 3.40. The minimum atomic E-state index is 0.243. The van der Waals surface area contributed by atoms with Crippen molar-refractivity contribution in [2.75, 3.05) is 22.9 Å². The normalized spacial score (nSPS) is 10.3. The Bertz CT molecular complexity index is 585. The summed E-state index contributed by atoms with van der Waals surface area (Å²) >= 11 is 3.50. The van der Waals surface area contributed by atoms with Crippen LogP contribution in [-0.2, 0) is 0 Å². The number of aromatic nitrogens is 2. The van der Waals surface area contributed by atoms with Crippen LogP contribution in [0.4, 0.5) is 23.3 Å². The van der Waals surface area contributed by atoms with Crippen LogP contribution in [0.5, 0.6) is 0 Å². The van der Waals surface area contributed by atoms with Crippen LogP contribution in [0.2, 0.25) is 0 Å². The van der Waals surface area contributed by atoms with E-state index in [-0.39, 0.29) is 5.95 Å². The minimum Gasteiger partial charge on any atom is -0.370 e. The standard InChI is InChI=1S/C13H16BrN5/c1-3-16-11-7-12(19-13(15)18-11)17-9-5-4-8(2)10(14)6-9/h4-7H,3H2,1-2H3,(H4,15,16,17,18,19). The zero-order valence-electron chi connectivity index (χ0n) is 10.9. The number of nitrogens with one attached hydrogen (secondary N) is 2. The number of hydrogen-bond donors (Lipinski definition) is 3. The molecule has 0 aliphatic rings. The van der Waals surface area contributed by atoms with Crippen LogP contribution in [0.3, 0.4) is 0 Å². The van der Waals surface area contributed by atoms with E-state index in [1.165, 1.54) is 5.56 Å². The van der Waals surface area contributed by atoms with E-state index in [1.54, 1.807) is 0 Å². The Labute approximate surface area is 120 Å². The molecule has 19 heavy (non-hydrogen) atoms. The molecular weight excluding hydrogens is 306 g/mol. The molecule has 0 unspecified atom stereocenters. The Morgan fingerprint density at radius 3 is 2.63 bits per heavy atom. The smallest absolute Gasteiger partial charge is 0.223 e. The van der Waals surface area contributed by atoms with Gasteiger partial charge in [0.25, 0.3) is 0 Å². The Balaban J connectivity index is 2.24. The zero-order valence-corrected chi connectivity index (χ0v) is 12.5. The Morgan fingerprint density at radius 1 is 1.21 bits per heavy atom.